The molecule has 0 aliphatic rings. The van der Waals surface area contributed by atoms with Gasteiger partial charge in [0.15, 0.2) is 0 Å². The molecular weight excluding hydrogens is 220 g/mol. The van der Waals surface area contributed by atoms with Crippen LogP contribution in [-0.2, 0) is 17.8 Å². The van der Waals surface area contributed by atoms with Gasteiger partial charge >= 0.3 is 0 Å². The second-order valence-corrected chi connectivity index (χ2v) is 3.61. The number of anilines is 1. The van der Waals surface area contributed by atoms with E-state index in [1.807, 2.05) is 0 Å². The lowest BCUT2D eigenvalue weighted by Gasteiger charge is -2.04. The van der Waals surface area contributed by atoms with Gasteiger partial charge in [-0.15, -0.1) is 0 Å². The molecule has 7 nitrogen and oxygen atoms in total. The van der Waals surface area contributed by atoms with E-state index in [4.69, 9.17) is 5.73 Å². The van der Waals surface area contributed by atoms with Crippen LogP contribution in [0.25, 0.3) is 0 Å². The molecule has 2 aromatic heterocycles. The zero-order valence-corrected chi connectivity index (χ0v) is 9.26. The molecule has 0 aromatic carbocycles. The van der Waals surface area contributed by atoms with Gasteiger partial charge in [0.25, 0.3) is 0 Å². The van der Waals surface area contributed by atoms with Crippen molar-refractivity contribution in [1.82, 2.24) is 25.1 Å². The Morgan fingerprint density at radius 2 is 2.47 bits per heavy atom. The first-order valence-corrected chi connectivity index (χ1v) is 5.27. The quantitative estimate of drug-likeness (QED) is 0.652. The van der Waals surface area contributed by atoms with Crippen LogP contribution in [0.15, 0.2) is 24.8 Å². The number of carbonyl (C=O) groups excluding carboxylic acids is 1. The van der Waals surface area contributed by atoms with Crippen LogP contribution in [0.3, 0.4) is 0 Å². The van der Waals surface area contributed by atoms with Crippen LogP contribution in [0.5, 0.6) is 0 Å². The number of carbonyl (C=O) groups is 1. The summed E-state index contributed by atoms with van der Waals surface area (Å²) in [5.74, 6) is 0.322. The Morgan fingerprint density at radius 3 is 3.12 bits per heavy atom. The number of aromatic amines is 1. The molecule has 2 aromatic rings. The molecule has 90 valence electrons. The average molecular weight is 234 g/mol. The standard InChI is InChI=1S/C10H14N6O/c11-9-2-4-16(15-9)6-10(17)13-3-1-8-5-12-7-14-8/h2,4-5,7H,1,3,6H2,(H2,11,15)(H,12,14)(H,13,17). The fourth-order valence-electron chi connectivity index (χ4n) is 1.43. The van der Waals surface area contributed by atoms with E-state index in [1.54, 1.807) is 24.8 Å². The molecular formula is C10H14N6O. The van der Waals surface area contributed by atoms with Gasteiger partial charge in [0.2, 0.25) is 5.91 Å². The number of hydrogen-bond acceptors (Lipinski definition) is 4. The number of rotatable bonds is 5. The number of nitrogens with one attached hydrogen (secondary N) is 2. The van der Waals surface area contributed by atoms with Crippen molar-refractivity contribution in [3.8, 4) is 0 Å². The van der Waals surface area contributed by atoms with Crippen LogP contribution in [0, 0.1) is 0 Å². The van der Waals surface area contributed by atoms with Crippen LogP contribution < -0.4 is 11.1 Å². The van der Waals surface area contributed by atoms with Gasteiger partial charge in [-0.3, -0.25) is 9.48 Å². The normalized spacial score (nSPS) is 10.4. The Balaban J connectivity index is 1.71. The number of H-pyrrole nitrogens is 1. The zero-order valence-electron chi connectivity index (χ0n) is 9.26. The van der Waals surface area contributed by atoms with E-state index in [2.05, 4.69) is 20.4 Å². The summed E-state index contributed by atoms with van der Waals surface area (Å²) in [4.78, 5) is 18.4. The number of hydrogen-bond donors (Lipinski definition) is 3. The molecule has 0 atom stereocenters. The van der Waals surface area contributed by atoms with Crippen LogP contribution in [0.1, 0.15) is 5.69 Å². The third kappa shape index (κ3) is 3.33. The summed E-state index contributed by atoms with van der Waals surface area (Å²) in [5.41, 5.74) is 6.44. The number of nitrogens with zero attached hydrogens (tertiary/aromatic N) is 3. The molecule has 0 bridgehead atoms. The largest absolute Gasteiger partial charge is 0.382 e. The molecule has 1 amide bonds. The minimum Gasteiger partial charge on any atom is -0.382 e. The van der Waals surface area contributed by atoms with Gasteiger partial charge in [0.05, 0.1) is 6.33 Å². The lowest BCUT2D eigenvalue weighted by Crippen LogP contribution is -2.29. The second-order valence-electron chi connectivity index (χ2n) is 3.61. The summed E-state index contributed by atoms with van der Waals surface area (Å²) in [6, 6.07) is 1.65. The van der Waals surface area contributed by atoms with Crippen LogP contribution in [0.2, 0.25) is 0 Å². The summed E-state index contributed by atoms with van der Waals surface area (Å²) in [6.07, 6.45) is 5.75. The third-order valence-corrected chi connectivity index (χ3v) is 2.24. The smallest absolute Gasteiger partial charge is 0.241 e. The van der Waals surface area contributed by atoms with Crippen LogP contribution in [0.4, 0.5) is 5.82 Å². The highest BCUT2D eigenvalue weighted by atomic mass is 16.2. The lowest BCUT2D eigenvalue weighted by atomic mass is 10.3. The summed E-state index contributed by atoms with van der Waals surface area (Å²) < 4.78 is 1.50. The molecule has 0 saturated heterocycles. The summed E-state index contributed by atoms with van der Waals surface area (Å²) in [6.45, 7) is 0.748. The minimum atomic E-state index is -0.0902. The Bertz CT molecular complexity index is 475. The van der Waals surface area contributed by atoms with Gasteiger partial charge in [-0.25, -0.2) is 4.98 Å². The molecule has 0 unspecified atom stereocenters. The highest BCUT2D eigenvalue weighted by molar-refractivity contribution is 5.75. The number of aromatic nitrogens is 4. The van der Waals surface area contributed by atoms with Crippen molar-refractivity contribution in [2.24, 2.45) is 0 Å². The second kappa shape index (κ2) is 5.15. The first-order valence-electron chi connectivity index (χ1n) is 5.27. The van der Waals surface area contributed by atoms with E-state index in [0.717, 1.165) is 12.1 Å². The van der Waals surface area contributed by atoms with E-state index in [-0.39, 0.29) is 12.5 Å². The number of amides is 1. The molecule has 2 rings (SSSR count). The van der Waals surface area contributed by atoms with Crippen molar-refractivity contribution >= 4 is 11.7 Å². The van der Waals surface area contributed by atoms with Crippen molar-refractivity contribution in [3.05, 3.63) is 30.5 Å². The minimum absolute atomic E-state index is 0.0902. The van der Waals surface area contributed by atoms with E-state index in [1.165, 1.54) is 4.68 Å². The molecule has 0 radical (unpaired) electrons. The molecule has 4 N–H and O–H groups in total. The Hall–Kier alpha value is -2.31. The van der Waals surface area contributed by atoms with E-state index in [9.17, 15) is 4.79 Å². The predicted octanol–water partition coefficient (Wildman–Crippen LogP) is -0.453. The monoisotopic (exact) mass is 234 g/mol. The van der Waals surface area contributed by atoms with Crippen molar-refractivity contribution in [2.75, 3.05) is 12.3 Å². The highest BCUT2D eigenvalue weighted by Crippen LogP contribution is 1.95. The van der Waals surface area contributed by atoms with Crippen molar-refractivity contribution in [1.29, 1.82) is 0 Å². The van der Waals surface area contributed by atoms with E-state index in [0.29, 0.717) is 12.4 Å². The van der Waals surface area contributed by atoms with E-state index < -0.39 is 0 Å². The summed E-state index contributed by atoms with van der Waals surface area (Å²) in [5, 5.41) is 6.72. The number of nitrogen functional groups attached to an aromatic ring is 1. The summed E-state index contributed by atoms with van der Waals surface area (Å²) in [7, 11) is 0. The lowest BCUT2D eigenvalue weighted by molar-refractivity contribution is -0.121. The van der Waals surface area contributed by atoms with Gasteiger partial charge in [0.1, 0.15) is 12.4 Å². The van der Waals surface area contributed by atoms with Gasteiger partial charge in [-0.2, -0.15) is 5.10 Å². The molecule has 7 heteroatoms. The Morgan fingerprint density at radius 1 is 1.59 bits per heavy atom. The molecule has 0 saturated carbocycles. The van der Waals surface area contributed by atoms with Crippen LogP contribution >= 0.6 is 0 Å². The number of imidazole rings is 1. The third-order valence-electron chi connectivity index (χ3n) is 2.24. The Labute approximate surface area is 98.0 Å². The fraction of sp³-hybridized carbons (Fsp3) is 0.300. The summed E-state index contributed by atoms with van der Waals surface area (Å²) >= 11 is 0. The van der Waals surface area contributed by atoms with Crippen molar-refractivity contribution < 1.29 is 4.79 Å². The maximum atomic E-state index is 11.5. The van der Waals surface area contributed by atoms with Crippen LogP contribution in [-0.4, -0.2) is 32.2 Å². The van der Waals surface area contributed by atoms with Gasteiger partial charge < -0.3 is 16.0 Å². The van der Waals surface area contributed by atoms with E-state index >= 15 is 0 Å². The topological polar surface area (TPSA) is 102 Å². The van der Waals surface area contributed by atoms with Gasteiger partial charge in [-0.1, -0.05) is 0 Å². The zero-order chi connectivity index (χ0) is 12.1. The molecule has 0 spiro atoms. The van der Waals surface area contributed by atoms with Crippen molar-refractivity contribution in [3.63, 3.8) is 0 Å². The predicted molar refractivity (Wildman–Crippen MR) is 61.9 cm³/mol. The maximum Gasteiger partial charge on any atom is 0.241 e. The Kier molecular flexibility index (Phi) is 3.39. The number of nitrogens with two attached hydrogens (primary N) is 1. The molecule has 17 heavy (non-hydrogen) atoms. The maximum absolute atomic E-state index is 11.5. The fourth-order valence-corrected chi connectivity index (χ4v) is 1.43. The average Bonchev–Trinajstić information content (AvgIpc) is 2.90. The van der Waals surface area contributed by atoms with Crippen molar-refractivity contribution in [2.45, 2.75) is 13.0 Å². The molecule has 0 fully saturated rings. The molecule has 0 aliphatic heterocycles. The SMILES string of the molecule is Nc1ccn(CC(=O)NCCc2cnc[nH]2)n1. The first-order chi connectivity index (χ1) is 8.24. The molecule has 0 aliphatic carbocycles. The highest BCUT2D eigenvalue weighted by Gasteiger charge is 2.03. The molecule has 2 heterocycles. The van der Waals surface area contributed by atoms with Gasteiger partial charge in [-0.05, 0) is 6.07 Å². The van der Waals surface area contributed by atoms with Gasteiger partial charge in [0, 0.05) is 31.1 Å². The first kappa shape index (κ1) is 11.2.